The van der Waals surface area contributed by atoms with E-state index in [0.29, 0.717) is 8.95 Å². The average molecular weight is 478 g/mol. The van der Waals surface area contributed by atoms with Crippen molar-refractivity contribution in [3.8, 4) is 0 Å². The molecule has 3 N–H and O–H groups in total. The van der Waals surface area contributed by atoms with E-state index in [-0.39, 0.29) is 42.2 Å². The van der Waals surface area contributed by atoms with E-state index >= 15 is 0 Å². The minimum atomic E-state index is -1.21. The second kappa shape index (κ2) is 7.98. The van der Waals surface area contributed by atoms with Gasteiger partial charge < -0.3 is 25.2 Å². The Labute approximate surface area is 159 Å². The van der Waals surface area contributed by atoms with Crippen LogP contribution in [0.5, 0.6) is 0 Å². The molecule has 0 atom stereocenters. The first-order chi connectivity index (χ1) is 11.8. The van der Waals surface area contributed by atoms with E-state index in [1.807, 2.05) is 0 Å². The smallest absolute Gasteiger partial charge is 0.337 e. The summed E-state index contributed by atoms with van der Waals surface area (Å²) in [5, 5.41) is 21.2. The molecular formula is C15H14Br2N2O6. The largest absolute Gasteiger partial charge is 0.478 e. The van der Waals surface area contributed by atoms with Gasteiger partial charge in [0.25, 0.3) is 5.91 Å². The third-order valence-electron chi connectivity index (χ3n) is 3.49. The molecule has 0 bridgehead atoms. The topological polar surface area (TPSA) is 116 Å². The molecule has 1 aromatic carbocycles. The zero-order valence-electron chi connectivity index (χ0n) is 13.0. The van der Waals surface area contributed by atoms with E-state index in [9.17, 15) is 19.5 Å². The van der Waals surface area contributed by atoms with Gasteiger partial charge >= 0.3 is 11.9 Å². The first kappa shape index (κ1) is 19.4. The number of ether oxygens (including phenoxy) is 1. The van der Waals surface area contributed by atoms with Crippen LogP contribution in [-0.4, -0.2) is 59.8 Å². The first-order valence-electron chi connectivity index (χ1n) is 7.01. The van der Waals surface area contributed by atoms with E-state index in [4.69, 9.17) is 9.84 Å². The van der Waals surface area contributed by atoms with Crippen LogP contribution in [0, 0.1) is 0 Å². The lowest BCUT2D eigenvalue weighted by Gasteiger charge is -2.16. The monoisotopic (exact) mass is 476 g/mol. The Morgan fingerprint density at radius 1 is 1.36 bits per heavy atom. The number of nitrogens with zero attached hydrogens (tertiary/aromatic N) is 1. The van der Waals surface area contributed by atoms with Gasteiger partial charge in [-0.25, -0.2) is 9.59 Å². The Bertz CT molecular complexity index is 778. The summed E-state index contributed by atoms with van der Waals surface area (Å²) < 4.78 is 5.61. The summed E-state index contributed by atoms with van der Waals surface area (Å²) in [6.45, 7) is -0.265. The predicted octanol–water partition coefficient (Wildman–Crippen LogP) is 1.58. The Morgan fingerprint density at radius 3 is 2.60 bits per heavy atom. The molecule has 8 nitrogen and oxygen atoms in total. The SMILES string of the molecule is COC(=O)C1=C(Nc2c(Br)cc(Br)cc2C(=O)O)C(=O)N(CCO)C1. The number of aliphatic hydroxyl groups excluding tert-OH is 1. The van der Waals surface area contributed by atoms with Gasteiger partial charge in [-0.15, -0.1) is 0 Å². The number of amides is 1. The molecule has 0 radical (unpaired) electrons. The highest BCUT2D eigenvalue weighted by atomic mass is 79.9. The van der Waals surface area contributed by atoms with Crippen LogP contribution in [0.15, 0.2) is 32.3 Å². The molecule has 1 aromatic rings. The summed E-state index contributed by atoms with van der Waals surface area (Å²) in [5.74, 6) is -2.44. The van der Waals surface area contributed by atoms with Crippen molar-refractivity contribution >= 4 is 55.4 Å². The lowest BCUT2D eigenvalue weighted by atomic mass is 10.1. The highest BCUT2D eigenvalue weighted by molar-refractivity contribution is 9.11. The quantitative estimate of drug-likeness (QED) is 0.532. The third-order valence-corrected chi connectivity index (χ3v) is 4.57. The van der Waals surface area contributed by atoms with Gasteiger partial charge in [0.2, 0.25) is 0 Å². The van der Waals surface area contributed by atoms with Crippen molar-refractivity contribution in [3.63, 3.8) is 0 Å². The van der Waals surface area contributed by atoms with Crippen LogP contribution in [-0.2, 0) is 14.3 Å². The van der Waals surface area contributed by atoms with Crippen LogP contribution in [0.3, 0.4) is 0 Å². The molecule has 0 saturated carbocycles. The number of carboxylic acid groups (broad SMARTS) is 1. The van der Waals surface area contributed by atoms with E-state index in [1.165, 1.54) is 18.1 Å². The molecule has 0 aliphatic carbocycles. The molecule has 1 aliphatic heterocycles. The maximum Gasteiger partial charge on any atom is 0.337 e. The van der Waals surface area contributed by atoms with Crippen LogP contribution >= 0.6 is 31.9 Å². The van der Waals surface area contributed by atoms with Gasteiger partial charge in [0.15, 0.2) is 0 Å². The fraction of sp³-hybridized carbons (Fsp3) is 0.267. The minimum absolute atomic E-state index is 0.0368. The molecule has 0 unspecified atom stereocenters. The summed E-state index contributed by atoms with van der Waals surface area (Å²) in [4.78, 5) is 37.2. The summed E-state index contributed by atoms with van der Waals surface area (Å²) in [6.07, 6.45) is 0. The van der Waals surface area contributed by atoms with Crippen molar-refractivity contribution in [2.45, 2.75) is 0 Å². The molecule has 0 spiro atoms. The Balaban J connectivity index is 2.51. The first-order valence-corrected chi connectivity index (χ1v) is 8.59. The van der Waals surface area contributed by atoms with Crippen molar-refractivity contribution < 1.29 is 29.3 Å². The zero-order chi connectivity index (χ0) is 18.7. The number of halogens is 2. The molecule has 1 amide bonds. The number of carboxylic acids is 1. The molecule has 0 aromatic heterocycles. The number of β-amino-alcohol motifs (C(OH)–C–C–N with tert-alkyl or cyclic N) is 1. The minimum Gasteiger partial charge on any atom is -0.478 e. The molecule has 134 valence electrons. The molecule has 10 heteroatoms. The third kappa shape index (κ3) is 4.02. The molecule has 1 aliphatic rings. The van der Waals surface area contributed by atoms with E-state index in [0.717, 1.165) is 0 Å². The second-order valence-corrected chi connectivity index (χ2v) is 6.81. The van der Waals surface area contributed by atoms with Crippen LogP contribution < -0.4 is 5.32 Å². The predicted molar refractivity (Wildman–Crippen MR) is 95.1 cm³/mol. The second-order valence-electron chi connectivity index (χ2n) is 5.04. The van der Waals surface area contributed by atoms with Gasteiger partial charge in [0.1, 0.15) is 5.70 Å². The molecular weight excluding hydrogens is 464 g/mol. The van der Waals surface area contributed by atoms with Crippen LogP contribution in [0.4, 0.5) is 5.69 Å². The molecule has 25 heavy (non-hydrogen) atoms. The number of hydrogen-bond acceptors (Lipinski definition) is 6. The van der Waals surface area contributed by atoms with Crippen molar-refractivity contribution in [2.75, 3.05) is 32.1 Å². The highest BCUT2D eigenvalue weighted by Gasteiger charge is 2.35. The number of esters is 1. The molecule has 0 fully saturated rings. The Kier molecular flexibility index (Phi) is 6.20. The summed E-state index contributed by atoms with van der Waals surface area (Å²) >= 11 is 6.46. The molecule has 2 rings (SSSR count). The number of anilines is 1. The number of carbonyl (C=O) groups is 3. The average Bonchev–Trinajstić information content (AvgIpc) is 2.85. The van der Waals surface area contributed by atoms with Crippen molar-refractivity contribution in [2.24, 2.45) is 0 Å². The number of methoxy groups -OCH3 is 1. The lowest BCUT2D eigenvalue weighted by Crippen LogP contribution is -2.31. The van der Waals surface area contributed by atoms with E-state index < -0.39 is 17.8 Å². The summed E-state index contributed by atoms with van der Waals surface area (Å²) in [6, 6.07) is 2.98. The van der Waals surface area contributed by atoms with Gasteiger partial charge in [-0.2, -0.15) is 0 Å². The van der Waals surface area contributed by atoms with E-state index in [2.05, 4.69) is 37.2 Å². The Morgan fingerprint density at radius 2 is 2.04 bits per heavy atom. The normalized spacial score (nSPS) is 14.1. The Hall–Kier alpha value is -1.91. The number of carbonyl (C=O) groups excluding carboxylic acids is 2. The number of aliphatic hydroxyl groups is 1. The highest BCUT2D eigenvalue weighted by Crippen LogP contribution is 2.33. The van der Waals surface area contributed by atoms with Crippen LogP contribution in [0.1, 0.15) is 10.4 Å². The number of nitrogens with one attached hydrogen (secondary N) is 1. The fourth-order valence-corrected chi connectivity index (χ4v) is 3.67. The van der Waals surface area contributed by atoms with Crippen molar-refractivity contribution in [3.05, 3.63) is 37.9 Å². The summed E-state index contributed by atoms with van der Waals surface area (Å²) in [5.41, 5.74) is 0.0237. The number of aromatic carboxylic acids is 1. The van der Waals surface area contributed by atoms with Gasteiger partial charge in [0, 0.05) is 15.5 Å². The number of benzene rings is 1. The maximum atomic E-state index is 12.5. The number of hydrogen-bond donors (Lipinski definition) is 3. The molecule has 1 heterocycles. The lowest BCUT2D eigenvalue weighted by molar-refractivity contribution is -0.136. The summed E-state index contributed by atoms with van der Waals surface area (Å²) in [7, 11) is 1.18. The van der Waals surface area contributed by atoms with Gasteiger partial charge in [-0.05, 0) is 28.1 Å². The van der Waals surface area contributed by atoms with Crippen molar-refractivity contribution in [1.82, 2.24) is 4.90 Å². The molecule has 0 saturated heterocycles. The van der Waals surface area contributed by atoms with Crippen molar-refractivity contribution in [1.29, 1.82) is 0 Å². The number of rotatable bonds is 6. The van der Waals surface area contributed by atoms with Gasteiger partial charge in [-0.3, -0.25) is 4.79 Å². The fourth-order valence-electron chi connectivity index (χ4n) is 2.34. The van der Waals surface area contributed by atoms with E-state index in [1.54, 1.807) is 6.07 Å². The zero-order valence-corrected chi connectivity index (χ0v) is 16.2. The standard InChI is InChI=1S/C15H14Br2N2O6/c1-25-15(24)9-6-19(2-3-20)13(21)12(9)18-11-8(14(22)23)4-7(16)5-10(11)17/h4-5,18,20H,2-3,6H2,1H3,(H,22,23). The van der Waals surface area contributed by atoms with Crippen LogP contribution in [0.2, 0.25) is 0 Å². The van der Waals surface area contributed by atoms with Crippen LogP contribution in [0.25, 0.3) is 0 Å². The van der Waals surface area contributed by atoms with Gasteiger partial charge in [0.05, 0.1) is 37.1 Å². The van der Waals surface area contributed by atoms with Gasteiger partial charge in [-0.1, -0.05) is 15.9 Å². The maximum absolute atomic E-state index is 12.5.